The molecule has 0 unspecified atom stereocenters. The van der Waals surface area contributed by atoms with Gasteiger partial charge in [0.15, 0.2) is 0 Å². The Bertz CT molecular complexity index is 410. The van der Waals surface area contributed by atoms with Gasteiger partial charge in [-0.2, -0.15) is 0 Å². The van der Waals surface area contributed by atoms with Gasteiger partial charge < -0.3 is 10.1 Å². The Morgan fingerprint density at radius 1 is 1.25 bits per heavy atom. The van der Waals surface area contributed by atoms with Crippen LogP contribution in [0.2, 0.25) is 0 Å². The lowest BCUT2D eigenvalue weighted by molar-refractivity contribution is -0.137. The van der Waals surface area contributed by atoms with Gasteiger partial charge in [-0.05, 0) is 11.6 Å². The van der Waals surface area contributed by atoms with Crippen molar-refractivity contribution in [2.24, 2.45) is 0 Å². The highest BCUT2D eigenvalue weighted by atomic mass is 16.5. The van der Waals surface area contributed by atoms with Crippen molar-refractivity contribution < 1.29 is 14.3 Å². The number of carbonyl (C=O) groups excluding carboxylic acids is 2. The Labute approximate surface area is 93.9 Å². The largest absolute Gasteiger partial charge is 0.464 e. The van der Waals surface area contributed by atoms with E-state index in [0.717, 1.165) is 5.56 Å². The minimum Gasteiger partial charge on any atom is -0.464 e. The van der Waals surface area contributed by atoms with E-state index in [0.29, 0.717) is 0 Å². The Kier molecular flexibility index (Phi) is 4.27. The second-order valence-corrected chi connectivity index (χ2v) is 3.14. The van der Waals surface area contributed by atoms with E-state index in [1.165, 1.54) is 14.0 Å². The summed E-state index contributed by atoms with van der Waals surface area (Å²) in [5.41, 5.74) is 0.942. The first-order chi connectivity index (χ1) is 7.63. The average molecular weight is 219 g/mol. The maximum atomic E-state index is 11.3. The lowest BCUT2D eigenvalue weighted by Crippen LogP contribution is -2.25. The van der Waals surface area contributed by atoms with Crippen LogP contribution in [0.15, 0.2) is 36.0 Å². The van der Waals surface area contributed by atoms with Gasteiger partial charge in [0.1, 0.15) is 5.70 Å². The van der Waals surface area contributed by atoms with Crippen molar-refractivity contribution in [1.29, 1.82) is 0 Å². The van der Waals surface area contributed by atoms with Crippen LogP contribution < -0.4 is 5.32 Å². The molecule has 0 radical (unpaired) electrons. The minimum atomic E-state index is -0.570. The van der Waals surface area contributed by atoms with Gasteiger partial charge in [0, 0.05) is 6.92 Å². The van der Waals surface area contributed by atoms with Gasteiger partial charge in [0.2, 0.25) is 5.91 Å². The van der Waals surface area contributed by atoms with E-state index in [-0.39, 0.29) is 11.6 Å². The first kappa shape index (κ1) is 12.0. The second-order valence-electron chi connectivity index (χ2n) is 3.14. The van der Waals surface area contributed by atoms with Gasteiger partial charge in [-0.25, -0.2) is 4.79 Å². The summed E-state index contributed by atoms with van der Waals surface area (Å²) in [7, 11) is 1.27. The van der Waals surface area contributed by atoms with E-state index < -0.39 is 5.97 Å². The quantitative estimate of drug-likeness (QED) is 0.616. The van der Waals surface area contributed by atoms with Gasteiger partial charge in [-0.15, -0.1) is 0 Å². The van der Waals surface area contributed by atoms with Gasteiger partial charge in [0.05, 0.1) is 7.11 Å². The van der Waals surface area contributed by atoms with Crippen molar-refractivity contribution in [3.63, 3.8) is 0 Å². The number of hydrogen-bond acceptors (Lipinski definition) is 3. The van der Waals surface area contributed by atoms with Crippen LogP contribution in [0.3, 0.4) is 0 Å². The van der Waals surface area contributed by atoms with E-state index in [2.05, 4.69) is 10.1 Å². The summed E-state index contributed by atoms with van der Waals surface area (Å²) < 4.78 is 4.56. The molecular weight excluding hydrogens is 206 g/mol. The van der Waals surface area contributed by atoms with Crippen LogP contribution in [0.1, 0.15) is 12.5 Å². The maximum Gasteiger partial charge on any atom is 0.354 e. The predicted molar refractivity (Wildman–Crippen MR) is 60.3 cm³/mol. The molecule has 84 valence electrons. The topological polar surface area (TPSA) is 55.4 Å². The Morgan fingerprint density at radius 2 is 1.88 bits per heavy atom. The summed E-state index contributed by atoms with van der Waals surface area (Å²) in [4.78, 5) is 22.3. The van der Waals surface area contributed by atoms with Crippen molar-refractivity contribution in [3.05, 3.63) is 41.6 Å². The molecule has 1 N–H and O–H groups in total. The van der Waals surface area contributed by atoms with E-state index in [1.54, 1.807) is 6.08 Å². The van der Waals surface area contributed by atoms with Crippen molar-refractivity contribution in [2.45, 2.75) is 6.92 Å². The molecule has 0 aliphatic heterocycles. The van der Waals surface area contributed by atoms with Crippen LogP contribution in [0.5, 0.6) is 0 Å². The molecule has 1 aromatic carbocycles. The maximum absolute atomic E-state index is 11.3. The third kappa shape index (κ3) is 3.57. The molecule has 0 saturated carbocycles. The number of rotatable bonds is 3. The Hall–Kier alpha value is -2.10. The molecule has 0 spiro atoms. The highest BCUT2D eigenvalue weighted by Gasteiger charge is 2.10. The molecule has 0 atom stereocenters. The number of ether oxygens (including phenoxy) is 1. The standard InChI is InChI=1S/C12H13NO3/c1-9(14)13-11(12(15)16-2)8-10-6-4-3-5-7-10/h3-8H,1-2H3,(H,13,14). The summed E-state index contributed by atoms with van der Waals surface area (Å²) in [6.45, 7) is 1.34. The Morgan fingerprint density at radius 3 is 2.38 bits per heavy atom. The second kappa shape index (κ2) is 5.70. The number of esters is 1. The normalized spacial score (nSPS) is 10.8. The minimum absolute atomic E-state index is 0.126. The molecule has 0 aliphatic carbocycles. The van der Waals surface area contributed by atoms with Gasteiger partial charge in [-0.3, -0.25) is 4.79 Å². The number of benzene rings is 1. The smallest absolute Gasteiger partial charge is 0.354 e. The van der Waals surface area contributed by atoms with Crippen LogP contribution in [0.4, 0.5) is 0 Å². The molecule has 0 fully saturated rings. The molecule has 0 saturated heterocycles. The molecule has 0 aliphatic rings. The highest BCUT2D eigenvalue weighted by Crippen LogP contribution is 2.05. The summed E-state index contributed by atoms with van der Waals surface area (Å²) in [5, 5.41) is 2.43. The van der Waals surface area contributed by atoms with E-state index >= 15 is 0 Å². The SMILES string of the molecule is COC(=O)C(=Cc1ccccc1)NC(C)=O. The van der Waals surface area contributed by atoms with Crippen molar-refractivity contribution in [3.8, 4) is 0 Å². The zero-order chi connectivity index (χ0) is 12.0. The summed E-state index contributed by atoms with van der Waals surface area (Å²) in [5.74, 6) is -0.883. The first-order valence-electron chi connectivity index (χ1n) is 4.76. The van der Waals surface area contributed by atoms with E-state index in [9.17, 15) is 9.59 Å². The number of carbonyl (C=O) groups is 2. The predicted octanol–water partition coefficient (Wildman–Crippen LogP) is 1.34. The van der Waals surface area contributed by atoms with Gasteiger partial charge in [-0.1, -0.05) is 30.3 Å². The summed E-state index contributed by atoms with van der Waals surface area (Å²) in [6.07, 6.45) is 1.56. The third-order valence-corrected chi connectivity index (χ3v) is 1.83. The number of methoxy groups -OCH3 is 1. The Balaban J connectivity index is 2.96. The lowest BCUT2D eigenvalue weighted by Gasteiger charge is -2.05. The highest BCUT2D eigenvalue weighted by molar-refractivity contribution is 5.97. The fourth-order valence-corrected chi connectivity index (χ4v) is 1.16. The average Bonchev–Trinajstić information content (AvgIpc) is 2.28. The van der Waals surface area contributed by atoms with Gasteiger partial charge >= 0.3 is 5.97 Å². The van der Waals surface area contributed by atoms with E-state index in [1.807, 2.05) is 30.3 Å². The van der Waals surface area contributed by atoms with Crippen LogP contribution in [-0.4, -0.2) is 19.0 Å². The summed E-state index contributed by atoms with van der Waals surface area (Å²) >= 11 is 0. The molecule has 4 nitrogen and oxygen atoms in total. The fourth-order valence-electron chi connectivity index (χ4n) is 1.16. The number of nitrogens with one attached hydrogen (secondary N) is 1. The molecule has 0 bridgehead atoms. The number of amides is 1. The molecule has 4 heteroatoms. The van der Waals surface area contributed by atoms with Crippen LogP contribution >= 0.6 is 0 Å². The van der Waals surface area contributed by atoms with Gasteiger partial charge in [0.25, 0.3) is 0 Å². The van der Waals surface area contributed by atoms with Crippen molar-refractivity contribution in [1.82, 2.24) is 5.32 Å². The van der Waals surface area contributed by atoms with Crippen LogP contribution in [-0.2, 0) is 14.3 Å². The lowest BCUT2D eigenvalue weighted by atomic mass is 10.2. The van der Waals surface area contributed by atoms with Crippen molar-refractivity contribution >= 4 is 18.0 Å². The summed E-state index contributed by atoms with van der Waals surface area (Å²) in [6, 6.07) is 9.20. The molecule has 0 aromatic heterocycles. The van der Waals surface area contributed by atoms with Crippen LogP contribution in [0.25, 0.3) is 6.08 Å². The first-order valence-corrected chi connectivity index (χ1v) is 4.76. The molecule has 1 amide bonds. The number of hydrogen-bond donors (Lipinski definition) is 1. The fraction of sp³-hybridized carbons (Fsp3) is 0.167. The van der Waals surface area contributed by atoms with Crippen LogP contribution in [0, 0.1) is 0 Å². The molecular formula is C12H13NO3. The monoisotopic (exact) mass is 219 g/mol. The third-order valence-electron chi connectivity index (χ3n) is 1.83. The zero-order valence-corrected chi connectivity index (χ0v) is 9.19. The van der Waals surface area contributed by atoms with E-state index in [4.69, 9.17) is 0 Å². The molecule has 16 heavy (non-hydrogen) atoms. The van der Waals surface area contributed by atoms with Crippen molar-refractivity contribution in [2.75, 3.05) is 7.11 Å². The molecule has 1 aromatic rings. The zero-order valence-electron chi connectivity index (χ0n) is 9.19. The molecule has 0 heterocycles. The molecule has 1 rings (SSSR count).